The molecule has 0 aromatic heterocycles. The van der Waals surface area contributed by atoms with E-state index in [9.17, 15) is 14.4 Å². The molecule has 0 bridgehead atoms. The summed E-state index contributed by atoms with van der Waals surface area (Å²) in [6.45, 7) is 1.21. The molecule has 4 amide bonds. The third-order valence-electron chi connectivity index (χ3n) is 4.76. The van der Waals surface area contributed by atoms with E-state index in [1.165, 1.54) is 19.3 Å². The number of carbonyl (C=O) groups excluding carboxylic acids is 3. The van der Waals surface area contributed by atoms with E-state index >= 15 is 0 Å². The quantitative estimate of drug-likeness (QED) is 0.749. The minimum absolute atomic E-state index is 0.0195. The molecule has 6 nitrogen and oxygen atoms in total. The molecule has 146 valence electrons. The lowest BCUT2D eigenvalue weighted by Gasteiger charge is -2.20. The molecule has 8 heteroatoms. The second-order valence-electron chi connectivity index (χ2n) is 7.03. The van der Waals surface area contributed by atoms with Crippen molar-refractivity contribution >= 4 is 41.0 Å². The van der Waals surface area contributed by atoms with Crippen LogP contribution in [0.15, 0.2) is 12.1 Å². The average molecular weight is 412 g/mol. The Morgan fingerprint density at radius 2 is 1.59 bits per heavy atom. The van der Waals surface area contributed by atoms with Gasteiger partial charge in [-0.1, -0.05) is 42.5 Å². The zero-order chi connectivity index (χ0) is 19.4. The van der Waals surface area contributed by atoms with Crippen LogP contribution in [0.2, 0.25) is 10.0 Å². The van der Waals surface area contributed by atoms with E-state index in [1.807, 2.05) is 12.1 Å². The van der Waals surface area contributed by atoms with Crippen molar-refractivity contribution < 1.29 is 14.4 Å². The highest BCUT2D eigenvalue weighted by Crippen LogP contribution is 2.28. The van der Waals surface area contributed by atoms with Gasteiger partial charge in [-0.15, -0.1) is 0 Å². The predicted octanol–water partition coefficient (Wildman–Crippen LogP) is 3.08. The zero-order valence-corrected chi connectivity index (χ0v) is 16.5. The third kappa shape index (κ3) is 5.59. The first-order valence-electron chi connectivity index (χ1n) is 9.30. The first-order valence-corrected chi connectivity index (χ1v) is 10.1. The average Bonchev–Trinajstić information content (AvgIpc) is 3.47. The van der Waals surface area contributed by atoms with E-state index in [0.717, 1.165) is 24.0 Å². The number of amides is 4. The highest BCUT2D eigenvalue weighted by molar-refractivity contribution is 6.42. The van der Waals surface area contributed by atoms with Gasteiger partial charge in [0.25, 0.3) is 5.91 Å². The Balaban J connectivity index is 0.000000637. The number of nitrogens with one attached hydrogen (secondary N) is 2. The van der Waals surface area contributed by atoms with E-state index in [1.54, 1.807) is 4.90 Å². The Morgan fingerprint density at radius 1 is 1.04 bits per heavy atom. The summed E-state index contributed by atoms with van der Waals surface area (Å²) in [5.41, 5.74) is 2.23. The summed E-state index contributed by atoms with van der Waals surface area (Å²) in [4.78, 5) is 36.8. The van der Waals surface area contributed by atoms with Crippen LogP contribution in [0.5, 0.6) is 0 Å². The van der Waals surface area contributed by atoms with Gasteiger partial charge in [0.15, 0.2) is 0 Å². The van der Waals surface area contributed by atoms with Gasteiger partial charge in [-0.25, -0.2) is 4.79 Å². The summed E-state index contributed by atoms with van der Waals surface area (Å²) in [5, 5.41) is 5.72. The van der Waals surface area contributed by atoms with E-state index in [-0.39, 0.29) is 18.2 Å². The Bertz CT molecular complexity index is 716. The van der Waals surface area contributed by atoms with Gasteiger partial charge in [-0.2, -0.15) is 0 Å². The van der Waals surface area contributed by atoms with Crippen molar-refractivity contribution in [3.63, 3.8) is 0 Å². The van der Waals surface area contributed by atoms with Crippen molar-refractivity contribution in [3.8, 4) is 0 Å². The highest BCUT2D eigenvalue weighted by Gasteiger charge is 2.30. The summed E-state index contributed by atoms with van der Waals surface area (Å²) in [7, 11) is 0. The highest BCUT2D eigenvalue weighted by atomic mass is 35.5. The molecule has 1 atom stereocenters. The van der Waals surface area contributed by atoms with Gasteiger partial charge in [0.2, 0.25) is 5.91 Å². The summed E-state index contributed by atoms with van der Waals surface area (Å²) in [6, 6.07) is 2.61. The first-order chi connectivity index (χ1) is 12.9. The maximum atomic E-state index is 12.4. The van der Waals surface area contributed by atoms with E-state index in [2.05, 4.69) is 10.6 Å². The van der Waals surface area contributed by atoms with Crippen molar-refractivity contribution in [3.05, 3.63) is 33.3 Å². The van der Waals surface area contributed by atoms with Crippen molar-refractivity contribution in [2.45, 2.75) is 51.0 Å². The van der Waals surface area contributed by atoms with Gasteiger partial charge in [-0.05, 0) is 42.5 Å². The van der Waals surface area contributed by atoms with Crippen LogP contribution in [-0.2, 0) is 22.4 Å². The van der Waals surface area contributed by atoms with E-state index < -0.39 is 12.1 Å². The maximum Gasteiger partial charge on any atom is 0.322 e. The minimum Gasteiger partial charge on any atom is -0.342 e. The Hall–Kier alpha value is -1.79. The van der Waals surface area contributed by atoms with Gasteiger partial charge in [-0.3, -0.25) is 14.9 Å². The molecule has 2 aliphatic heterocycles. The lowest BCUT2D eigenvalue weighted by molar-refractivity contribution is -0.131. The van der Waals surface area contributed by atoms with Crippen LogP contribution < -0.4 is 10.6 Å². The molecule has 27 heavy (non-hydrogen) atoms. The Morgan fingerprint density at radius 3 is 2.04 bits per heavy atom. The second-order valence-corrected chi connectivity index (χ2v) is 7.84. The molecule has 1 aromatic rings. The number of carbonyl (C=O) groups is 3. The summed E-state index contributed by atoms with van der Waals surface area (Å²) in [6.07, 6.45) is 6.46. The number of imide groups is 1. The number of nitrogens with zero attached hydrogens (tertiary/aromatic N) is 1. The molecular formula is C19H23Cl2N3O3. The van der Waals surface area contributed by atoms with Gasteiger partial charge in [0, 0.05) is 19.5 Å². The smallest absolute Gasteiger partial charge is 0.322 e. The predicted molar refractivity (Wildman–Crippen MR) is 104 cm³/mol. The molecule has 1 saturated carbocycles. The molecule has 1 aliphatic carbocycles. The van der Waals surface area contributed by atoms with E-state index in [4.69, 9.17) is 23.2 Å². The van der Waals surface area contributed by atoms with E-state index in [0.29, 0.717) is 29.6 Å². The number of hydrogen-bond donors (Lipinski definition) is 2. The number of rotatable bonds is 3. The number of urea groups is 1. The molecular weight excluding hydrogens is 389 g/mol. The molecule has 1 saturated heterocycles. The second kappa shape index (κ2) is 8.93. The van der Waals surface area contributed by atoms with Crippen molar-refractivity contribution in [2.24, 2.45) is 0 Å². The van der Waals surface area contributed by atoms with Crippen LogP contribution in [0.25, 0.3) is 0 Å². The van der Waals surface area contributed by atoms with Crippen LogP contribution in [0.4, 0.5) is 4.79 Å². The molecule has 1 unspecified atom stereocenters. The van der Waals surface area contributed by atoms with Gasteiger partial charge < -0.3 is 10.2 Å². The number of hydrogen-bond acceptors (Lipinski definition) is 3. The molecule has 4 rings (SSSR count). The molecule has 3 aliphatic rings. The standard InChI is InChI=1S/C16H17Cl2N3O3.C3H6/c17-11-7-9-3-5-21(6-4-10(9)8-12(11)18)14(22)2-1-13-15(23)20-16(24)19-13;1-2-3-1/h7-8,13H,1-6H2,(H2,19,20,23,24);1-3H2. The van der Waals surface area contributed by atoms with Crippen LogP contribution in [0, 0.1) is 0 Å². The number of fused-ring (bicyclic) bond motifs is 1. The molecule has 1 aromatic carbocycles. The van der Waals surface area contributed by atoms with Crippen LogP contribution in [0.1, 0.15) is 43.2 Å². The maximum absolute atomic E-state index is 12.4. The van der Waals surface area contributed by atoms with Crippen LogP contribution >= 0.6 is 23.2 Å². The molecule has 2 heterocycles. The number of benzene rings is 1. The monoisotopic (exact) mass is 411 g/mol. The van der Waals surface area contributed by atoms with Crippen LogP contribution in [0.3, 0.4) is 0 Å². The Labute approximate surface area is 168 Å². The van der Waals surface area contributed by atoms with Crippen molar-refractivity contribution in [2.75, 3.05) is 13.1 Å². The lowest BCUT2D eigenvalue weighted by Crippen LogP contribution is -2.36. The topological polar surface area (TPSA) is 78.5 Å². The first kappa shape index (κ1) is 20.0. The fourth-order valence-electron chi connectivity index (χ4n) is 3.05. The largest absolute Gasteiger partial charge is 0.342 e. The third-order valence-corrected chi connectivity index (χ3v) is 5.48. The van der Waals surface area contributed by atoms with Gasteiger partial charge in [0.05, 0.1) is 10.0 Å². The Kier molecular flexibility index (Phi) is 6.60. The van der Waals surface area contributed by atoms with Gasteiger partial charge >= 0.3 is 6.03 Å². The minimum atomic E-state index is -0.622. The molecule has 2 fully saturated rings. The molecule has 0 spiro atoms. The molecule has 2 N–H and O–H groups in total. The lowest BCUT2D eigenvalue weighted by atomic mass is 10.0. The van der Waals surface area contributed by atoms with Gasteiger partial charge in [0.1, 0.15) is 6.04 Å². The molecule has 0 radical (unpaired) electrons. The summed E-state index contributed by atoms with van der Waals surface area (Å²) < 4.78 is 0. The normalized spacial score (nSPS) is 20.7. The van der Waals surface area contributed by atoms with Crippen molar-refractivity contribution in [1.82, 2.24) is 15.5 Å². The SMILES string of the molecule is C1CC1.O=C1NC(=O)C(CCC(=O)N2CCc3cc(Cl)c(Cl)cc3CC2)N1. The summed E-state index contributed by atoms with van der Waals surface area (Å²) >= 11 is 12.1. The fourth-order valence-corrected chi connectivity index (χ4v) is 3.43. The number of halogens is 2. The van der Waals surface area contributed by atoms with Crippen LogP contribution in [-0.4, -0.2) is 41.9 Å². The fraction of sp³-hybridized carbons (Fsp3) is 0.526. The van der Waals surface area contributed by atoms with Crippen molar-refractivity contribution in [1.29, 1.82) is 0 Å². The summed E-state index contributed by atoms with van der Waals surface area (Å²) in [5.74, 6) is -0.394. The zero-order valence-electron chi connectivity index (χ0n) is 15.0.